The van der Waals surface area contributed by atoms with Gasteiger partial charge in [-0.2, -0.15) is 0 Å². The standard InChI is InChI=1S/C7H8BrF2N3/c8-4-1-3(2-11)7(12)13-5(4)6(9)10/h1,6H,2,11H2,(H2,12,13). The maximum Gasteiger partial charge on any atom is 0.281 e. The lowest BCUT2D eigenvalue weighted by atomic mass is 10.2. The number of aromatic nitrogens is 1. The minimum atomic E-state index is -2.64. The van der Waals surface area contributed by atoms with Crippen molar-refractivity contribution in [3.63, 3.8) is 0 Å². The predicted molar refractivity (Wildman–Crippen MR) is 49.2 cm³/mol. The van der Waals surface area contributed by atoms with Crippen molar-refractivity contribution in [1.29, 1.82) is 0 Å². The Balaban J connectivity index is 3.20. The van der Waals surface area contributed by atoms with E-state index in [2.05, 4.69) is 20.9 Å². The van der Waals surface area contributed by atoms with Crippen LogP contribution in [0.1, 0.15) is 17.7 Å². The van der Waals surface area contributed by atoms with Crippen LogP contribution in [0.25, 0.3) is 0 Å². The van der Waals surface area contributed by atoms with E-state index in [1.165, 1.54) is 6.07 Å². The van der Waals surface area contributed by atoms with E-state index in [1.54, 1.807) is 0 Å². The molecule has 0 bridgehead atoms. The zero-order chi connectivity index (χ0) is 10.0. The van der Waals surface area contributed by atoms with Gasteiger partial charge >= 0.3 is 0 Å². The maximum atomic E-state index is 12.3. The van der Waals surface area contributed by atoms with Crippen molar-refractivity contribution in [2.75, 3.05) is 5.73 Å². The summed E-state index contributed by atoms with van der Waals surface area (Å²) in [6, 6.07) is 1.46. The average Bonchev–Trinajstić information content (AvgIpc) is 2.07. The molecule has 0 saturated carbocycles. The van der Waals surface area contributed by atoms with Gasteiger partial charge in [0, 0.05) is 16.6 Å². The van der Waals surface area contributed by atoms with Crippen LogP contribution < -0.4 is 11.5 Å². The van der Waals surface area contributed by atoms with Crippen LogP contribution in [0.4, 0.5) is 14.6 Å². The van der Waals surface area contributed by atoms with Crippen molar-refractivity contribution in [3.8, 4) is 0 Å². The van der Waals surface area contributed by atoms with E-state index in [9.17, 15) is 8.78 Å². The third-order valence-corrected chi connectivity index (χ3v) is 2.18. The Morgan fingerprint density at radius 1 is 1.54 bits per heavy atom. The second kappa shape index (κ2) is 3.97. The molecule has 0 aliphatic rings. The summed E-state index contributed by atoms with van der Waals surface area (Å²) in [6.07, 6.45) is -2.64. The number of anilines is 1. The van der Waals surface area contributed by atoms with Gasteiger partial charge < -0.3 is 11.5 Å². The molecule has 6 heteroatoms. The largest absolute Gasteiger partial charge is 0.383 e. The highest BCUT2D eigenvalue weighted by Crippen LogP contribution is 2.28. The van der Waals surface area contributed by atoms with Crippen LogP contribution in [0, 0.1) is 0 Å². The summed E-state index contributed by atoms with van der Waals surface area (Å²) in [7, 11) is 0. The van der Waals surface area contributed by atoms with Gasteiger partial charge in [0.15, 0.2) is 0 Å². The first-order valence-corrected chi connectivity index (χ1v) is 4.28. The van der Waals surface area contributed by atoms with Crippen LogP contribution in [0.15, 0.2) is 10.5 Å². The Morgan fingerprint density at radius 3 is 2.62 bits per heavy atom. The van der Waals surface area contributed by atoms with Gasteiger partial charge in [0.25, 0.3) is 6.43 Å². The molecule has 0 aliphatic heterocycles. The molecule has 1 heterocycles. The van der Waals surface area contributed by atoms with E-state index in [0.717, 1.165) is 0 Å². The Morgan fingerprint density at radius 2 is 2.15 bits per heavy atom. The summed E-state index contributed by atoms with van der Waals surface area (Å²) in [4.78, 5) is 3.54. The topological polar surface area (TPSA) is 64.9 Å². The van der Waals surface area contributed by atoms with Gasteiger partial charge in [-0.15, -0.1) is 0 Å². The number of nitrogens with two attached hydrogens (primary N) is 2. The quantitative estimate of drug-likeness (QED) is 0.843. The van der Waals surface area contributed by atoms with E-state index < -0.39 is 6.43 Å². The number of halogens is 3. The van der Waals surface area contributed by atoms with Gasteiger partial charge in [-0.3, -0.25) is 0 Å². The first-order valence-electron chi connectivity index (χ1n) is 3.49. The first-order chi connectivity index (χ1) is 6.06. The highest BCUT2D eigenvalue weighted by atomic mass is 79.9. The molecule has 0 aromatic carbocycles. The SMILES string of the molecule is NCc1cc(Br)c(C(F)F)nc1N. The summed E-state index contributed by atoms with van der Waals surface area (Å²) >= 11 is 2.97. The molecule has 0 aliphatic carbocycles. The predicted octanol–water partition coefficient (Wildman–Crippen LogP) is 1.82. The zero-order valence-corrected chi connectivity index (χ0v) is 8.18. The van der Waals surface area contributed by atoms with Crippen LogP contribution in [0.3, 0.4) is 0 Å². The monoisotopic (exact) mass is 251 g/mol. The second-order valence-electron chi connectivity index (χ2n) is 2.40. The molecule has 0 saturated heterocycles. The van der Waals surface area contributed by atoms with Crippen LogP contribution >= 0.6 is 15.9 Å². The molecule has 1 aromatic rings. The smallest absolute Gasteiger partial charge is 0.281 e. The third kappa shape index (κ3) is 2.13. The number of hydrogen-bond donors (Lipinski definition) is 2. The van der Waals surface area contributed by atoms with E-state index in [-0.39, 0.29) is 22.5 Å². The van der Waals surface area contributed by atoms with Gasteiger partial charge in [0.2, 0.25) is 0 Å². The number of rotatable bonds is 2. The van der Waals surface area contributed by atoms with Crippen molar-refractivity contribution in [2.24, 2.45) is 5.73 Å². The van der Waals surface area contributed by atoms with Crippen molar-refractivity contribution >= 4 is 21.7 Å². The molecule has 4 N–H and O–H groups in total. The molecular formula is C7H8BrF2N3. The van der Waals surface area contributed by atoms with E-state index in [0.29, 0.717) is 5.56 Å². The fraction of sp³-hybridized carbons (Fsp3) is 0.286. The molecule has 0 fully saturated rings. The van der Waals surface area contributed by atoms with Gasteiger partial charge in [0.1, 0.15) is 11.5 Å². The van der Waals surface area contributed by atoms with Crippen LogP contribution in [0.2, 0.25) is 0 Å². The van der Waals surface area contributed by atoms with Gasteiger partial charge in [0.05, 0.1) is 0 Å². The first kappa shape index (κ1) is 10.3. The summed E-state index contributed by atoms with van der Waals surface area (Å²) in [5, 5.41) is 0. The molecule has 1 rings (SSSR count). The zero-order valence-electron chi connectivity index (χ0n) is 6.60. The molecule has 0 radical (unpaired) electrons. The Bertz CT molecular complexity index is 317. The Labute approximate surface area is 82.3 Å². The van der Waals surface area contributed by atoms with Crippen molar-refractivity contribution in [1.82, 2.24) is 4.98 Å². The lowest BCUT2D eigenvalue weighted by Crippen LogP contribution is -2.06. The Kier molecular flexibility index (Phi) is 3.16. The van der Waals surface area contributed by atoms with E-state index in [4.69, 9.17) is 11.5 Å². The van der Waals surface area contributed by atoms with Crippen LogP contribution in [-0.2, 0) is 6.54 Å². The molecule has 0 unspecified atom stereocenters. The minimum absolute atomic E-state index is 0.0565. The van der Waals surface area contributed by atoms with Gasteiger partial charge in [-0.1, -0.05) is 0 Å². The number of pyridine rings is 1. The number of hydrogen-bond acceptors (Lipinski definition) is 3. The van der Waals surface area contributed by atoms with Crippen molar-refractivity contribution in [2.45, 2.75) is 13.0 Å². The van der Waals surface area contributed by atoms with Gasteiger partial charge in [-0.05, 0) is 22.0 Å². The summed E-state index contributed by atoms with van der Waals surface area (Å²) in [5.41, 5.74) is 10.9. The summed E-state index contributed by atoms with van der Waals surface area (Å²) in [6.45, 7) is 0.181. The van der Waals surface area contributed by atoms with Crippen molar-refractivity contribution < 1.29 is 8.78 Å². The van der Waals surface area contributed by atoms with Crippen LogP contribution in [0.5, 0.6) is 0 Å². The molecule has 0 spiro atoms. The fourth-order valence-corrected chi connectivity index (χ4v) is 1.41. The van der Waals surface area contributed by atoms with E-state index >= 15 is 0 Å². The minimum Gasteiger partial charge on any atom is -0.383 e. The summed E-state index contributed by atoms with van der Waals surface area (Å²) < 4.78 is 24.8. The fourth-order valence-electron chi connectivity index (χ4n) is 0.872. The van der Waals surface area contributed by atoms with Crippen LogP contribution in [-0.4, -0.2) is 4.98 Å². The average molecular weight is 252 g/mol. The maximum absolute atomic E-state index is 12.3. The molecule has 3 nitrogen and oxygen atoms in total. The van der Waals surface area contributed by atoms with E-state index in [1.807, 2.05) is 0 Å². The molecule has 13 heavy (non-hydrogen) atoms. The van der Waals surface area contributed by atoms with Gasteiger partial charge in [-0.25, -0.2) is 13.8 Å². The van der Waals surface area contributed by atoms with Crippen molar-refractivity contribution in [3.05, 3.63) is 21.8 Å². The molecule has 0 atom stereocenters. The summed E-state index contributed by atoms with van der Waals surface area (Å²) in [5.74, 6) is 0.0565. The third-order valence-electron chi connectivity index (χ3n) is 1.54. The normalized spacial score (nSPS) is 10.8. The number of nitrogens with zero attached hydrogens (tertiary/aromatic N) is 1. The lowest BCUT2D eigenvalue weighted by Gasteiger charge is -2.07. The molecule has 72 valence electrons. The lowest BCUT2D eigenvalue weighted by molar-refractivity contribution is 0.145. The number of alkyl halides is 2. The second-order valence-corrected chi connectivity index (χ2v) is 3.26. The molecule has 0 amide bonds. The molecule has 1 aromatic heterocycles. The molecular weight excluding hydrogens is 244 g/mol. The number of nitrogen functional groups attached to an aromatic ring is 1. The Hall–Kier alpha value is -0.750. The highest BCUT2D eigenvalue weighted by molar-refractivity contribution is 9.10. The highest BCUT2D eigenvalue weighted by Gasteiger charge is 2.15.